The smallest absolute Gasteiger partial charge is 0.152 e. The van der Waals surface area contributed by atoms with Crippen molar-refractivity contribution in [1.29, 1.82) is 0 Å². The fraction of sp³-hybridized carbons (Fsp3) is 0.111. The minimum atomic E-state index is 0.690. The fourth-order valence-electron chi connectivity index (χ4n) is 1.31. The second kappa shape index (κ2) is 2.44. The SMILES string of the molecule is Cc1nccc2c(C=O)c[nH]c12. The van der Waals surface area contributed by atoms with Crippen molar-refractivity contribution in [2.75, 3.05) is 0 Å². The van der Waals surface area contributed by atoms with Crippen molar-refractivity contribution in [3.8, 4) is 0 Å². The Balaban J connectivity index is 2.88. The van der Waals surface area contributed by atoms with Gasteiger partial charge in [0.2, 0.25) is 0 Å². The fourth-order valence-corrected chi connectivity index (χ4v) is 1.31. The van der Waals surface area contributed by atoms with Crippen molar-refractivity contribution < 1.29 is 4.79 Å². The van der Waals surface area contributed by atoms with Gasteiger partial charge in [-0.05, 0) is 13.0 Å². The van der Waals surface area contributed by atoms with Gasteiger partial charge in [0.25, 0.3) is 0 Å². The second-order valence-electron chi connectivity index (χ2n) is 2.68. The molecule has 0 radical (unpaired) electrons. The highest BCUT2D eigenvalue weighted by Gasteiger charge is 2.03. The molecule has 0 saturated carbocycles. The van der Waals surface area contributed by atoms with Crippen LogP contribution in [0.1, 0.15) is 16.1 Å². The van der Waals surface area contributed by atoms with Crippen LogP contribution in [0, 0.1) is 6.92 Å². The summed E-state index contributed by atoms with van der Waals surface area (Å²) < 4.78 is 0. The monoisotopic (exact) mass is 160 g/mol. The topological polar surface area (TPSA) is 45.8 Å². The number of pyridine rings is 1. The molecule has 2 rings (SSSR count). The molecule has 12 heavy (non-hydrogen) atoms. The summed E-state index contributed by atoms with van der Waals surface area (Å²) in [5.41, 5.74) is 2.55. The Morgan fingerprint density at radius 1 is 1.58 bits per heavy atom. The highest BCUT2D eigenvalue weighted by atomic mass is 16.1. The van der Waals surface area contributed by atoms with Crippen LogP contribution in [0.15, 0.2) is 18.5 Å². The molecular weight excluding hydrogens is 152 g/mol. The van der Waals surface area contributed by atoms with Crippen LogP contribution in [-0.4, -0.2) is 16.3 Å². The number of fused-ring (bicyclic) bond motifs is 1. The average molecular weight is 160 g/mol. The predicted octanol–water partition coefficient (Wildman–Crippen LogP) is 1.68. The van der Waals surface area contributed by atoms with Gasteiger partial charge in [0.1, 0.15) is 0 Å². The number of hydrogen-bond acceptors (Lipinski definition) is 2. The van der Waals surface area contributed by atoms with Gasteiger partial charge in [-0.2, -0.15) is 0 Å². The maximum Gasteiger partial charge on any atom is 0.152 e. The summed E-state index contributed by atoms with van der Waals surface area (Å²) in [6, 6.07) is 1.84. The summed E-state index contributed by atoms with van der Waals surface area (Å²) in [5.74, 6) is 0. The lowest BCUT2D eigenvalue weighted by atomic mass is 10.2. The Kier molecular flexibility index (Phi) is 1.43. The zero-order valence-electron chi connectivity index (χ0n) is 6.66. The molecule has 0 fully saturated rings. The van der Waals surface area contributed by atoms with Crippen LogP contribution in [0.2, 0.25) is 0 Å². The normalized spacial score (nSPS) is 10.4. The third-order valence-corrected chi connectivity index (χ3v) is 1.95. The quantitative estimate of drug-likeness (QED) is 0.645. The van der Waals surface area contributed by atoms with Crippen LogP contribution in [-0.2, 0) is 0 Å². The molecule has 0 aliphatic heterocycles. The molecule has 2 aromatic rings. The van der Waals surface area contributed by atoms with Gasteiger partial charge in [0.15, 0.2) is 6.29 Å². The Labute approximate surface area is 69.4 Å². The minimum absolute atomic E-state index is 0.690. The van der Waals surface area contributed by atoms with Gasteiger partial charge < -0.3 is 4.98 Å². The highest BCUT2D eigenvalue weighted by Crippen LogP contribution is 2.17. The number of carbonyl (C=O) groups excluding carboxylic acids is 1. The highest BCUT2D eigenvalue weighted by molar-refractivity contribution is 5.97. The number of aromatic amines is 1. The van der Waals surface area contributed by atoms with E-state index in [0.29, 0.717) is 5.56 Å². The maximum absolute atomic E-state index is 10.6. The van der Waals surface area contributed by atoms with Crippen molar-refractivity contribution >= 4 is 17.2 Å². The van der Waals surface area contributed by atoms with Crippen molar-refractivity contribution in [2.45, 2.75) is 6.92 Å². The number of H-pyrrole nitrogens is 1. The van der Waals surface area contributed by atoms with Crippen LogP contribution in [0.3, 0.4) is 0 Å². The molecule has 0 atom stereocenters. The van der Waals surface area contributed by atoms with E-state index >= 15 is 0 Å². The summed E-state index contributed by atoms with van der Waals surface area (Å²) >= 11 is 0. The molecule has 0 unspecified atom stereocenters. The zero-order valence-corrected chi connectivity index (χ0v) is 6.66. The minimum Gasteiger partial charge on any atom is -0.359 e. The Hall–Kier alpha value is -1.64. The van der Waals surface area contributed by atoms with Crippen LogP contribution in [0.4, 0.5) is 0 Å². The molecule has 0 aliphatic rings. The number of aryl methyl sites for hydroxylation is 1. The molecular formula is C9H8N2O. The first kappa shape index (κ1) is 7.03. The molecule has 60 valence electrons. The Morgan fingerprint density at radius 2 is 2.42 bits per heavy atom. The number of hydrogen-bond donors (Lipinski definition) is 1. The van der Waals surface area contributed by atoms with Crippen molar-refractivity contribution in [2.24, 2.45) is 0 Å². The molecule has 0 aromatic carbocycles. The Morgan fingerprint density at radius 3 is 3.17 bits per heavy atom. The van der Waals surface area contributed by atoms with Crippen LogP contribution < -0.4 is 0 Å². The lowest BCUT2D eigenvalue weighted by Crippen LogP contribution is -1.81. The standard InChI is InChI=1S/C9H8N2O/c1-6-9-8(2-3-10-6)7(5-12)4-11-9/h2-5,11H,1H3. The molecule has 0 saturated heterocycles. The van der Waals surface area contributed by atoms with Crippen molar-refractivity contribution in [1.82, 2.24) is 9.97 Å². The van der Waals surface area contributed by atoms with E-state index < -0.39 is 0 Å². The summed E-state index contributed by atoms with van der Waals surface area (Å²) in [4.78, 5) is 17.7. The average Bonchev–Trinajstić information content (AvgIpc) is 2.49. The summed E-state index contributed by atoms with van der Waals surface area (Å²) in [7, 11) is 0. The van der Waals surface area contributed by atoms with Gasteiger partial charge in [0, 0.05) is 23.3 Å². The number of nitrogens with one attached hydrogen (secondary N) is 1. The summed E-state index contributed by atoms with van der Waals surface area (Å²) in [6.45, 7) is 1.91. The molecule has 2 aromatic heterocycles. The first-order chi connectivity index (χ1) is 5.83. The number of aromatic nitrogens is 2. The van der Waals surface area contributed by atoms with E-state index in [2.05, 4.69) is 9.97 Å². The third-order valence-electron chi connectivity index (χ3n) is 1.95. The van der Waals surface area contributed by atoms with E-state index in [1.165, 1.54) is 0 Å². The molecule has 1 N–H and O–H groups in total. The van der Waals surface area contributed by atoms with Crippen LogP contribution in [0.25, 0.3) is 10.9 Å². The van der Waals surface area contributed by atoms with E-state index in [0.717, 1.165) is 22.9 Å². The van der Waals surface area contributed by atoms with Crippen LogP contribution in [0.5, 0.6) is 0 Å². The van der Waals surface area contributed by atoms with Gasteiger partial charge in [0.05, 0.1) is 11.2 Å². The summed E-state index contributed by atoms with van der Waals surface area (Å²) in [6.07, 6.45) is 4.25. The van der Waals surface area contributed by atoms with Gasteiger partial charge >= 0.3 is 0 Å². The molecule has 0 amide bonds. The van der Waals surface area contributed by atoms with E-state index in [1.54, 1.807) is 12.4 Å². The molecule has 2 heterocycles. The Bertz CT molecular complexity index is 431. The maximum atomic E-state index is 10.6. The van der Waals surface area contributed by atoms with E-state index in [-0.39, 0.29) is 0 Å². The van der Waals surface area contributed by atoms with Crippen molar-refractivity contribution in [3.05, 3.63) is 29.7 Å². The zero-order chi connectivity index (χ0) is 8.55. The molecule has 0 spiro atoms. The van der Waals surface area contributed by atoms with Gasteiger partial charge in [-0.25, -0.2) is 0 Å². The van der Waals surface area contributed by atoms with E-state index in [4.69, 9.17) is 0 Å². The third kappa shape index (κ3) is 0.830. The van der Waals surface area contributed by atoms with Gasteiger partial charge in [-0.1, -0.05) is 0 Å². The molecule has 0 bridgehead atoms. The lowest BCUT2D eigenvalue weighted by Gasteiger charge is -1.92. The molecule has 3 nitrogen and oxygen atoms in total. The number of rotatable bonds is 1. The number of aldehydes is 1. The van der Waals surface area contributed by atoms with Crippen molar-refractivity contribution in [3.63, 3.8) is 0 Å². The second-order valence-corrected chi connectivity index (χ2v) is 2.68. The molecule has 3 heteroatoms. The van der Waals surface area contributed by atoms with E-state index in [1.807, 2.05) is 13.0 Å². The van der Waals surface area contributed by atoms with E-state index in [9.17, 15) is 4.79 Å². The first-order valence-corrected chi connectivity index (χ1v) is 3.71. The largest absolute Gasteiger partial charge is 0.359 e. The molecule has 0 aliphatic carbocycles. The first-order valence-electron chi connectivity index (χ1n) is 3.71. The van der Waals surface area contributed by atoms with Gasteiger partial charge in [-0.3, -0.25) is 9.78 Å². The summed E-state index contributed by atoms with van der Waals surface area (Å²) in [5, 5.41) is 0.942. The predicted molar refractivity (Wildman–Crippen MR) is 46.2 cm³/mol. The number of carbonyl (C=O) groups is 1. The lowest BCUT2D eigenvalue weighted by molar-refractivity contribution is 0.112. The number of nitrogens with zero attached hydrogens (tertiary/aromatic N) is 1. The van der Waals surface area contributed by atoms with Gasteiger partial charge in [-0.15, -0.1) is 0 Å². The van der Waals surface area contributed by atoms with Crippen LogP contribution >= 0.6 is 0 Å².